The third kappa shape index (κ3) is 4.09. The quantitative estimate of drug-likeness (QED) is 0.828. The van der Waals surface area contributed by atoms with Crippen molar-refractivity contribution in [3.8, 4) is 0 Å². The first-order valence-electron chi connectivity index (χ1n) is 8.66. The van der Waals surface area contributed by atoms with Gasteiger partial charge in [-0.25, -0.2) is 0 Å². The molecule has 1 atom stereocenters. The molecule has 0 spiro atoms. The number of hydrogen-bond acceptors (Lipinski definition) is 6. The highest BCUT2D eigenvalue weighted by Gasteiger charge is 2.26. The first-order chi connectivity index (χ1) is 11.1. The van der Waals surface area contributed by atoms with E-state index in [1.807, 2.05) is 6.92 Å². The molecule has 23 heavy (non-hydrogen) atoms. The van der Waals surface area contributed by atoms with Crippen LogP contribution >= 0.6 is 0 Å². The highest BCUT2D eigenvalue weighted by Crippen LogP contribution is 2.35. The highest BCUT2D eigenvalue weighted by atomic mass is 16.5. The molecule has 1 amide bonds. The van der Waals surface area contributed by atoms with Gasteiger partial charge in [-0.3, -0.25) is 9.69 Å². The molecule has 1 aliphatic heterocycles. The summed E-state index contributed by atoms with van der Waals surface area (Å²) in [5.74, 6) is 2.00. The summed E-state index contributed by atoms with van der Waals surface area (Å²) < 4.78 is 5.29. The Labute approximate surface area is 137 Å². The second-order valence-electron chi connectivity index (χ2n) is 6.73. The van der Waals surface area contributed by atoms with Gasteiger partial charge in [0.2, 0.25) is 11.8 Å². The van der Waals surface area contributed by atoms with Crippen LogP contribution in [-0.4, -0.2) is 71.7 Å². The van der Waals surface area contributed by atoms with Crippen molar-refractivity contribution in [3.05, 3.63) is 11.7 Å². The predicted octanol–water partition coefficient (Wildman–Crippen LogP) is 0.632. The molecule has 1 unspecified atom stereocenters. The summed E-state index contributed by atoms with van der Waals surface area (Å²) in [7, 11) is 2.12. The number of likely N-dealkylation sites (N-methyl/N-ethyl adjacent to an activating group) is 1. The molecule has 2 aliphatic rings. The van der Waals surface area contributed by atoms with E-state index in [4.69, 9.17) is 4.52 Å². The lowest BCUT2D eigenvalue weighted by atomic mass is 9.85. The fourth-order valence-electron chi connectivity index (χ4n) is 3.01. The minimum atomic E-state index is -0.0838. The summed E-state index contributed by atoms with van der Waals surface area (Å²) in [6, 6.07) is -0.0838. The predicted molar refractivity (Wildman–Crippen MR) is 86.1 cm³/mol. The Morgan fingerprint density at radius 3 is 2.74 bits per heavy atom. The van der Waals surface area contributed by atoms with Gasteiger partial charge >= 0.3 is 0 Å². The van der Waals surface area contributed by atoms with E-state index in [1.54, 1.807) is 0 Å². The van der Waals surface area contributed by atoms with Crippen LogP contribution in [0.25, 0.3) is 0 Å². The lowest BCUT2D eigenvalue weighted by Gasteiger charge is -2.35. The van der Waals surface area contributed by atoms with Crippen LogP contribution in [0, 0.1) is 0 Å². The molecule has 1 aromatic rings. The summed E-state index contributed by atoms with van der Waals surface area (Å²) in [6.07, 6.45) is 4.18. The summed E-state index contributed by atoms with van der Waals surface area (Å²) >= 11 is 0. The maximum Gasteiger partial charge on any atom is 0.237 e. The van der Waals surface area contributed by atoms with Gasteiger partial charge in [0.05, 0.1) is 6.04 Å². The van der Waals surface area contributed by atoms with Crippen LogP contribution in [0.3, 0.4) is 0 Å². The molecule has 7 heteroatoms. The van der Waals surface area contributed by atoms with Crippen molar-refractivity contribution >= 4 is 5.91 Å². The number of rotatable bonds is 6. The molecule has 0 radical (unpaired) electrons. The number of nitrogens with zero attached hydrogens (tertiary/aromatic N) is 4. The molecule has 1 saturated carbocycles. The number of aromatic nitrogens is 2. The minimum absolute atomic E-state index is 0.0808. The smallest absolute Gasteiger partial charge is 0.237 e. The molecule has 2 fully saturated rings. The first kappa shape index (κ1) is 16.4. The van der Waals surface area contributed by atoms with E-state index in [-0.39, 0.29) is 11.9 Å². The van der Waals surface area contributed by atoms with Gasteiger partial charge < -0.3 is 14.7 Å². The van der Waals surface area contributed by atoms with E-state index in [9.17, 15) is 4.79 Å². The van der Waals surface area contributed by atoms with Crippen molar-refractivity contribution in [2.75, 3.05) is 39.8 Å². The molecule has 3 rings (SSSR count). The number of carbonyl (C=O) groups is 1. The summed E-state index contributed by atoms with van der Waals surface area (Å²) in [5.41, 5.74) is 0. The highest BCUT2D eigenvalue weighted by molar-refractivity contribution is 5.81. The maximum atomic E-state index is 12.3. The zero-order chi connectivity index (χ0) is 16.2. The van der Waals surface area contributed by atoms with Crippen LogP contribution in [0.15, 0.2) is 4.52 Å². The zero-order valence-corrected chi connectivity index (χ0v) is 14.1. The summed E-state index contributed by atoms with van der Waals surface area (Å²) in [5, 5.41) is 7.00. The van der Waals surface area contributed by atoms with E-state index < -0.39 is 0 Å². The topological polar surface area (TPSA) is 74.5 Å². The van der Waals surface area contributed by atoms with Gasteiger partial charge in [-0.1, -0.05) is 11.6 Å². The third-order valence-corrected chi connectivity index (χ3v) is 5.05. The van der Waals surface area contributed by atoms with Crippen LogP contribution in [-0.2, 0) is 11.2 Å². The second kappa shape index (κ2) is 7.40. The van der Waals surface area contributed by atoms with E-state index in [0.29, 0.717) is 24.7 Å². The van der Waals surface area contributed by atoms with E-state index in [1.165, 1.54) is 6.42 Å². The zero-order valence-electron chi connectivity index (χ0n) is 14.1. The van der Waals surface area contributed by atoms with Gasteiger partial charge in [-0.2, -0.15) is 4.98 Å². The Balaban J connectivity index is 1.39. The fraction of sp³-hybridized carbons (Fsp3) is 0.812. The number of amides is 1. The van der Waals surface area contributed by atoms with Crippen LogP contribution < -0.4 is 5.32 Å². The Morgan fingerprint density at radius 1 is 1.35 bits per heavy atom. The molecular formula is C16H27N5O2. The van der Waals surface area contributed by atoms with Crippen molar-refractivity contribution in [2.45, 2.75) is 44.6 Å². The Bertz CT molecular complexity index is 520. The molecule has 0 bridgehead atoms. The van der Waals surface area contributed by atoms with E-state index in [0.717, 1.165) is 44.9 Å². The van der Waals surface area contributed by atoms with Crippen molar-refractivity contribution in [3.63, 3.8) is 0 Å². The van der Waals surface area contributed by atoms with Gasteiger partial charge in [-0.05, 0) is 26.8 Å². The van der Waals surface area contributed by atoms with E-state index in [2.05, 4.69) is 32.3 Å². The molecule has 7 nitrogen and oxygen atoms in total. The summed E-state index contributed by atoms with van der Waals surface area (Å²) in [4.78, 5) is 21.2. The Kier molecular flexibility index (Phi) is 5.27. The van der Waals surface area contributed by atoms with Crippen LogP contribution in [0.4, 0.5) is 0 Å². The monoisotopic (exact) mass is 321 g/mol. The molecule has 0 aromatic carbocycles. The van der Waals surface area contributed by atoms with Crippen molar-refractivity contribution in [2.24, 2.45) is 0 Å². The average molecular weight is 321 g/mol. The molecule has 1 aliphatic carbocycles. The van der Waals surface area contributed by atoms with Gasteiger partial charge in [0, 0.05) is 45.1 Å². The van der Waals surface area contributed by atoms with Gasteiger partial charge in [0.15, 0.2) is 5.82 Å². The average Bonchev–Trinajstić information content (AvgIpc) is 2.93. The molecule has 1 N–H and O–H groups in total. The standard InChI is InChI=1S/C16H27N5O2/c1-12(21-10-8-20(2)9-11-21)15(22)17-7-6-14-18-16(23-19-14)13-4-3-5-13/h12-13H,3-11H2,1-2H3,(H,17,22). The largest absolute Gasteiger partial charge is 0.354 e. The van der Waals surface area contributed by atoms with Crippen LogP contribution in [0.1, 0.15) is 43.8 Å². The molecular weight excluding hydrogens is 294 g/mol. The fourth-order valence-corrected chi connectivity index (χ4v) is 3.01. The second-order valence-corrected chi connectivity index (χ2v) is 6.73. The Hall–Kier alpha value is -1.47. The Morgan fingerprint density at radius 2 is 2.09 bits per heavy atom. The minimum Gasteiger partial charge on any atom is -0.354 e. The lowest BCUT2D eigenvalue weighted by molar-refractivity contribution is -0.126. The van der Waals surface area contributed by atoms with Crippen molar-refractivity contribution in [1.82, 2.24) is 25.3 Å². The lowest BCUT2D eigenvalue weighted by Crippen LogP contribution is -2.53. The number of piperazine rings is 1. The van der Waals surface area contributed by atoms with Gasteiger partial charge in [0.1, 0.15) is 0 Å². The number of hydrogen-bond donors (Lipinski definition) is 1. The van der Waals surface area contributed by atoms with Crippen LogP contribution in [0.5, 0.6) is 0 Å². The number of carbonyl (C=O) groups excluding carboxylic acids is 1. The first-order valence-corrected chi connectivity index (χ1v) is 8.66. The molecule has 2 heterocycles. The van der Waals surface area contributed by atoms with Crippen LogP contribution in [0.2, 0.25) is 0 Å². The number of nitrogens with one attached hydrogen (secondary N) is 1. The summed E-state index contributed by atoms with van der Waals surface area (Å²) in [6.45, 7) is 6.46. The normalized spacial score (nSPS) is 21.8. The SMILES string of the molecule is CC(C(=O)NCCc1noc(C2CCC2)n1)N1CCN(C)CC1. The molecule has 128 valence electrons. The molecule has 1 aromatic heterocycles. The van der Waals surface area contributed by atoms with Gasteiger partial charge in [-0.15, -0.1) is 0 Å². The van der Waals surface area contributed by atoms with Crippen molar-refractivity contribution in [1.29, 1.82) is 0 Å². The van der Waals surface area contributed by atoms with Crippen molar-refractivity contribution < 1.29 is 9.32 Å². The maximum absolute atomic E-state index is 12.3. The molecule has 1 saturated heterocycles. The van der Waals surface area contributed by atoms with Gasteiger partial charge in [0.25, 0.3) is 0 Å². The third-order valence-electron chi connectivity index (χ3n) is 5.05. The van der Waals surface area contributed by atoms with E-state index >= 15 is 0 Å².